The summed E-state index contributed by atoms with van der Waals surface area (Å²) < 4.78 is 48.8. The second-order valence-corrected chi connectivity index (χ2v) is 7.00. The van der Waals surface area contributed by atoms with Gasteiger partial charge in [0.15, 0.2) is 0 Å². The Morgan fingerprint density at radius 1 is 0.808 bits per heavy atom. The molecule has 7 heteroatoms. The third kappa shape index (κ3) is 5.25. The Hall–Kier alpha value is -1.99. The van der Waals surface area contributed by atoms with Gasteiger partial charge in [0.2, 0.25) is 0 Å². The molecule has 0 fully saturated rings. The Balaban J connectivity index is 1.97. The van der Waals surface area contributed by atoms with Crippen LogP contribution in [-0.2, 0) is 10.8 Å². The molecular formula is C19H21BF3O3. The quantitative estimate of drug-likeness (QED) is 0.776. The Kier molecular flexibility index (Phi) is 5.73. The van der Waals surface area contributed by atoms with E-state index in [2.05, 4.69) is 0 Å². The highest BCUT2D eigenvalue weighted by atomic mass is 19.4. The van der Waals surface area contributed by atoms with Gasteiger partial charge >= 0.3 is 13.7 Å². The molecule has 1 N–H and O–H groups in total. The van der Waals surface area contributed by atoms with E-state index in [4.69, 9.17) is 9.39 Å². The van der Waals surface area contributed by atoms with Crippen molar-refractivity contribution in [1.82, 2.24) is 0 Å². The Labute approximate surface area is 152 Å². The van der Waals surface area contributed by atoms with Gasteiger partial charge in [-0.05, 0) is 64.1 Å². The first-order chi connectivity index (χ1) is 11.9. The van der Waals surface area contributed by atoms with E-state index >= 15 is 0 Å². The molecule has 0 spiro atoms. The lowest BCUT2D eigenvalue weighted by atomic mass is 9.82. The molecule has 0 heterocycles. The second-order valence-electron chi connectivity index (χ2n) is 7.00. The number of aliphatic hydroxyl groups is 1. The van der Waals surface area contributed by atoms with Crippen LogP contribution in [-0.4, -0.2) is 23.8 Å². The minimum atomic E-state index is -4.37. The van der Waals surface area contributed by atoms with Crippen LogP contribution in [0.3, 0.4) is 0 Å². The van der Waals surface area contributed by atoms with E-state index in [1.54, 1.807) is 59.4 Å². The van der Waals surface area contributed by atoms with Gasteiger partial charge in [-0.25, -0.2) is 0 Å². The summed E-state index contributed by atoms with van der Waals surface area (Å²) in [5.74, 6) is 0.804. The maximum Gasteiger partial charge on any atom is 0.416 e. The van der Waals surface area contributed by atoms with Crippen LogP contribution in [0.2, 0.25) is 0 Å². The van der Waals surface area contributed by atoms with E-state index in [-0.39, 0.29) is 0 Å². The maximum absolute atomic E-state index is 12.5. The van der Waals surface area contributed by atoms with Gasteiger partial charge in [-0.3, -0.25) is 0 Å². The Morgan fingerprint density at radius 3 is 1.69 bits per heavy atom. The Morgan fingerprint density at radius 2 is 1.27 bits per heavy atom. The zero-order valence-corrected chi connectivity index (χ0v) is 15.1. The molecule has 0 aliphatic carbocycles. The standard InChI is InChI=1S/C19H21BF3O3/c1-17(2,24)18(3,4)26-20-14-7-11-16(12-8-14)25-15-9-5-13(6-10-15)19(21,22)23/h5-12,24H,1-4H3. The van der Waals surface area contributed by atoms with Crippen LogP contribution in [0.4, 0.5) is 13.2 Å². The number of alkyl halides is 3. The third-order valence-corrected chi connectivity index (χ3v) is 4.26. The van der Waals surface area contributed by atoms with E-state index in [0.29, 0.717) is 11.5 Å². The largest absolute Gasteiger partial charge is 0.457 e. The number of halogens is 3. The average Bonchev–Trinajstić information content (AvgIpc) is 2.53. The molecule has 0 aliphatic rings. The number of benzene rings is 2. The monoisotopic (exact) mass is 365 g/mol. The summed E-state index contributed by atoms with van der Waals surface area (Å²) in [5, 5.41) is 10.1. The average molecular weight is 365 g/mol. The topological polar surface area (TPSA) is 38.7 Å². The van der Waals surface area contributed by atoms with Crippen LogP contribution >= 0.6 is 0 Å². The first kappa shape index (κ1) is 20.3. The predicted octanol–water partition coefficient (Wildman–Crippen LogP) is 4.31. The molecule has 0 saturated carbocycles. The molecule has 2 rings (SSSR count). The lowest BCUT2D eigenvalue weighted by molar-refractivity contribution is -0.137. The maximum atomic E-state index is 12.5. The van der Waals surface area contributed by atoms with Crippen molar-refractivity contribution in [2.75, 3.05) is 0 Å². The first-order valence-corrected chi connectivity index (χ1v) is 8.07. The van der Waals surface area contributed by atoms with Crippen LogP contribution < -0.4 is 10.2 Å². The van der Waals surface area contributed by atoms with Crippen molar-refractivity contribution < 1.29 is 27.7 Å². The summed E-state index contributed by atoms with van der Waals surface area (Å²) in [5.41, 5.74) is -1.75. The lowest BCUT2D eigenvalue weighted by Gasteiger charge is -2.37. The highest BCUT2D eigenvalue weighted by Gasteiger charge is 2.35. The molecule has 0 amide bonds. The van der Waals surface area contributed by atoms with E-state index in [0.717, 1.165) is 17.6 Å². The summed E-state index contributed by atoms with van der Waals surface area (Å²) >= 11 is 0. The highest BCUT2D eigenvalue weighted by Crippen LogP contribution is 2.31. The van der Waals surface area contributed by atoms with Gasteiger partial charge in [0.1, 0.15) is 11.5 Å². The highest BCUT2D eigenvalue weighted by molar-refractivity contribution is 6.47. The van der Waals surface area contributed by atoms with Crippen molar-refractivity contribution in [3.63, 3.8) is 0 Å². The second kappa shape index (κ2) is 7.33. The molecule has 139 valence electrons. The number of hydrogen-bond acceptors (Lipinski definition) is 3. The third-order valence-electron chi connectivity index (χ3n) is 4.26. The summed E-state index contributed by atoms with van der Waals surface area (Å²) in [6.45, 7) is 6.90. The van der Waals surface area contributed by atoms with E-state index in [1.807, 2.05) is 0 Å². The SMILES string of the molecule is CC(C)(O)C(C)(C)O[B]c1ccc(Oc2ccc(C(F)(F)F)cc2)cc1. The van der Waals surface area contributed by atoms with Gasteiger partial charge in [-0.15, -0.1) is 0 Å². The van der Waals surface area contributed by atoms with Gasteiger partial charge in [0.25, 0.3) is 0 Å². The lowest BCUT2D eigenvalue weighted by Crippen LogP contribution is -2.49. The van der Waals surface area contributed by atoms with Crippen molar-refractivity contribution in [3.8, 4) is 11.5 Å². The number of ether oxygens (including phenoxy) is 1. The molecule has 2 aromatic rings. The Bertz CT molecular complexity index is 718. The van der Waals surface area contributed by atoms with Crippen molar-refractivity contribution in [2.45, 2.75) is 45.1 Å². The van der Waals surface area contributed by atoms with Crippen LogP contribution in [0.25, 0.3) is 0 Å². The fourth-order valence-electron chi connectivity index (χ4n) is 1.82. The van der Waals surface area contributed by atoms with Crippen LogP contribution in [0, 0.1) is 0 Å². The van der Waals surface area contributed by atoms with Crippen molar-refractivity contribution >= 4 is 12.9 Å². The summed E-state index contributed by atoms with van der Waals surface area (Å²) in [7, 11) is 1.54. The van der Waals surface area contributed by atoms with E-state index in [1.165, 1.54) is 12.1 Å². The minimum absolute atomic E-state index is 0.314. The fourth-order valence-corrected chi connectivity index (χ4v) is 1.82. The molecule has 0 aromatic heterocycles. The molecule has 0 unspecified atom stereocenters. The van der Waals surface area contributed by atoms with Gasteiger partial charge < -0.3 is 14.5 Å². The van der Waals surface area contributed by atoms with Crippen LogP contribution in [0.15, 0.2) is 48.5 Å². The molecule has 0 atom stereocenters. The summed E-state index contributed by atoms with van der Waals surface area (Å²) in [6.07, 6.45) is -4.37. The zero-order chi connectivity index (χ0) is 19.6. The van der Waals surface area contributed by atoms with Gasteiger partial charge in [-0.2, -0.15) is 13.2 Å². The van der Waals surface area contributed by atoms with E-state index < -0.39 is 22.9 Å². The molecule has 26 heavy (non-hydrogen) atoms. The zero-order valence-electron chi connectivity index (χ0n) is 15.1. The summed E-state index contributed by atoms with van der Waals surface area (Å²) in [4.78, 5) is 0. The van der Waals surface area contributed by atoms with Crippen molar-refractivity contribution in [2.24, 2.45) is 0 Å². The normalized spacial score (nSPS) is 12.8. The van der Waals surface area contributed by atoms with Crippen LogP contribution in [0.1, 0.15) is 33.3 Å². The molecule has 0 aliphatic heterocycles. The van der Waals surface area contributed by atoms with Crippen molar-refractivity contribution in [1.29, 1.82) is 0 Å². The molecule has 0 saturated heterocycles. The smallest absolute Gasteiger partial charge is 0.416 e. The molecule has 0 bridgehead atoms. The van der Waals surface area contributed by atoms with Crippen LogP contribution in [0.5, 0.6) is 11.5 Å². The number of hydrogen-bond donors (Lipinski definition) is 1. The number of rotatable bonds is 6. The summed E-state index contributed by atoms with van der Waals surface area (Å²) in [6, 6.07) is 11.4. The van der Waals surface area contributed by atoms with Crippen molar-refractivity contribution in [3.05, 3.63) is 54.1 Å². The van der Waals surface area contributed by atoms with Gasteiger partial charge in [0.05, 0.1) is 16.8 Å². The van der Waals surface area contributed by atoms with E-state index in [9.17, 15) is 18.3 Å². The molecule has 3 nitrogen and oxygen atoms in total. The fraction of sp³-hybridized carbons (Fsp3) is 0.368. The molecule has 2 aromatic carbocycles. The van der Waals surface area contributed by atoms with Gasteiger partial charge in [0, 0.05) is 0 Å². The molecular weight excluding hydrogens is 344 g/mol. The molecule has 1 radical (unpaired) electrons. The van der Waals surface area contributed by atoms with Gasteiger partial charge in [-0.1, -0.05) is 17.6 Å². The minimum Gasteiger partial charge on any atom is -0.457 e. The predicted molar refractivity (Wildman–Crippen MR) is 94.8 cm³/mol. The first-order valence-electron chi connectivity index (χ1n) is 8.07.